The lowest BCUT2D eigenvalue weighted by atomic mass is 10.0. The van der Waals surface area contributed by atoms with Crippen molar-refractivity contribution in [3.63, 3.8) is 0 Å². The number of nitrogens with one attached hydrogen (secondary N) is 1. The number of rotatable bonds is 3. The van der Waals surface area contributed by atoms with Crippen LogP contribution in [0.25, 0.3) is 5.69 Å². The second-order valence-electron chi connectivity index (χ2n) is 6.33. The van der Waals surface area contributed by atoms with Gasteiger partial charge < -0.3 is 10.4 Å². The quantitative estimate of drug-likeness (QED) is 0.663. The fraction of sp³-hybridized carbons (Fsp3) is 0.150. The van der Waals surface area contributed by atoms with Crippen molar-refractivity contribution < 1.29 is 9.90 Å². The summed E-state index contributed by atoms with van der Waals surface area (Å²) in [5.74, 6) is -1.05. The van der Waals surface area contributed by atoms with Gasteiger partial charge in [0, 0.05) is 16.2 Å². The summed E-state index contributed by atoms with van der Waals surface area (Å²) in [5.41, 5.74) is 3.29. The number of aryl methyl sites for hydroxylation is 3. The second-order valence-corrected chi connectivity index (χ2v) is 7.25. The molecule has 2 N–H and O–H groups in total. The Hall–Kier alpha value is -2.93. The van der Waals surface area contributed by atoms with Crippen molar-refractivity contribution in [2.45, 2.75) is 20.8 Å². The van der Waals surface area contributed by atoms with Gasteiger partial charge in [-0.05, 0) is 56.2 Å². The van der Waals surface area contributed by atoms with Crippen molar-refractivity contribution in [2.24, 2.45) is 0 Å². The van der Waals surface area contributed by atoms with Crippen LogP contribution in [0.4, 0.5) is 5.69 Å². The first-order valence-electron chi connectivity index (χ1n) is 8.25. The molecule has 0 unspecified atom stereocenters. The number of aromatic hydroxyl groups is 1. The maximum Gasteiger partial charge on any atom is 0.280 e. The molecule has 0 saturated carbocycles. The van der Waals surface area contributed by atoms with Gasteiger partial charge in [-0.15, -0.1) is 0 Å². The molecule has 7 heteroatoms. The molecule has 0 spiro atoms. The van der Waals surface area contributed by atoms with E-state index in [0.717, 1.165) is 31.9 Å². The molecule has 3 rings (SSSR count). The average Bonchev–Trinajstić information content (AvgIpc) is 2.59. The van der Waals surface area contributed by atoms with Gasteiger partial charge in [0.1, 0.15) is 0 Å². The Bertz CT molecular complexity index is 1070. The molecule has 0 atom stereocenters. The van der Waals surface area contributed by atoms with Gasteiger partial charge >= 0.3 is 0 Å². The third-order valence-electron chi connectivity index (χ3n) is 4.11. The first-order chi connectivity index (χ1) is 12.8. The minimum absolute atomic E-state index is 0.225. The lowest BCUT2D eigenvalue weighted by Gasteiger charge is -2.14. The third-order valence-corrected chi connectivity index (χ3v) is 4.64. The van der Waals surface area contributed by atoms with Crippen LogP contribution in [0.5, 0.6) is 5.75 Å². The van der Waals surface area contributed by atoms with E-state index in [1.165, 1.54) is 0 Å². The number of anilines is 1. The molecule has 6 nitrogen and oxygen atoms in total. The first-order valence-corrected chi connectivity index (χ1v) is 9.04. The van der Waals surface area contributed by atoms with Gasteiger partial charge in [-0.1, -0.05) is 33.6 Å². The van der Waals surface area contributed by atoms with Crippen molar-refractivity contribution >= 4 is 27.5 Å². The Labute approximate surface area is 164 Å². The Morgan fingerprint density at radius 3 is 2.26 bits per heavy atom. The summed E-state index contributed by atoms with van der Waals surface area (Å²) in [6.45, 7) is 5.77. The molecule has 2 aromatic carbocycles. The van der Waals surface area contributed by atoms with Crippen LogP contribution < -0.4 is 10.9 Å². The molecule has 27 heavy (non-hydrogen) atoms. The van der Waals surface area contributed by atoms with Crippen molar-refractivity contribution in [3.05, 3.63) is 79.7 Å². The molecule has 0 bridgehead atoms. The SMILES string of the molecule is Cc1cc(C)c(NC(=O)c2nn(-c3ccc(Br)cc3)c(=O)cc2O)c(C)c1. The van der Waals surface area contributed by atoms with Crippen LogP contribution in [-0.4, -0.2) is 20.8 Å². The molecule has 1 heterocycles. The molecule has 0 fully saturated rings. The number of hydrogen-bond donors (Lipinski definition) is 2. The van der Waals surface area contributed by atoms with Crippen LogP contribution in [0.3, 0.4) is 0 Å². The first kappa shape index (κ1) is 18.8. The minimum atomic E-state index is -0.589. The Balaban J connectivity index is 2.02. The van der Waals surface area contributed by atoms with E-state index in [2.05, 4.69) is 26.3 Å². The number of aromatic nitrogens is 2. The highest BCUT2D eigenvalue weighted by Crippen LogP contribution is 2.23. The van der Waals surface area contributed by atoms with Gasteiger partial charge in [0.05, 0.1) is 5.69 Å². The predicted octanol–water partition coefficient (Wildman–Crippen LogP) is 3.88. The molecule has 0 aliphatic rings. The van der Waals surface area contributed by atoms with Crippen molar-refractivity contribution in [1.82, 2.24) is 9.78 Å². The zero-order chi connectivity index (χ0) is 19.7. The highest BCUT2D eigenvalue weighted by molar-refractivity contribution is 9.10. The molecule has 0 aliphatic heterocycles. The number of amides is 1. The topological polar surface area (TPSA) is 84.2 Å². The summed E-state index contributed by atoms with van der Waals surface area (Å²) in [6, 6.07) is 11.8. The van der Waals surface area contributed by atoms with Crippen molar-refractivity contribution in [1.29, 1.82) is 0 Å². The molecular weight excluding hydrogens is 410 g/mol. The summed E-state index contributed by atoms with van der Waals surface area (Å²) in [4.78, 5) is 24.9. The zero-order valence-electron chi connectivity index (χ0n) is 15.1. The second kappa shape index (κ2) is 7.36. The Morgan fingerprint density at radius 1 is 1.07 bits per heavy atom. The standard InChI is InChI=1S/C20H18BrN3O3/c1-11-8-12(2)18(13(3)9-11)22-20(27)19-16(25)10-17(26)24(23-19)15-6-4-14(21)5-7-15/h4-10,25H,1-3H3,(H,22,27). The Kier molecular flexibility index (Phi) is 5.14. The third kappa shape index (κ3) is 3.93. The molecule has 0 saturated heterocycles. The summed E-state index contributed by atoms with van der Waals surface area (Å²) in [7, 11) is 0. The van der Waals surface area contributed by atoms with E-state index in [0.29, 0.717) is 11.4 Å². The smallest absolute Gasteiger partial charge is 0.280 e. The van der Waals surface area contributed by atoms with Crippen LogP contribution in [0, 0.1) is 20.8 Å². The molecule has 3 aromatic rings. The van der Waals surface area contributed by atoms with Gasteiger partial charge in [0.2, 0.25) is 0 Å². The normalized spacial score (nSPS) is 10.7. The van der Waals surface area contributed by atoms with Gasteiger partial charge in [0.15, 0.2) is 11.4 Å². The van der Waals surface area contributed by atoms with Crippen LogP contribution in [-0.2, 0) is 0 Å². The lowest BCUT2D eigenvalue weighted by molar-refractivity contribution is 0.101. The summed E-state index contributed by atoms with van der Waals surface area (Å²) in [6.07, 6.45) is 0. The van der Waals surface area contributed by atoms with Crippen molar-refractivity contribution in [3.8, 4) is 11.4 Å². The van der Waals surface area contributed by atoms with E-state index in [4.69, 9.17) is 0 Å². The summed E-state index contributed by atoms with van der Waals surface area (Å²) >= 11 is 3.33. The van der Waals surface area contributed by atoms with E-state index < -0.39 is 17.2 Å². The number of benzene rings is 2. The molecule has 1 aromatic heterocycles. The number of nitrogens with zero attached hydrogens (tertiary/aromatic N) is 2. The fourth-order valence-corrected chi connectivity index (χ4v) is 3.19. The fourth-order valence-electron chi connectivity index (χ4n) is 2.93. The highest BCUT2D eigenvalue weighted by atomic mass is 79.9. The van der Waals surface area contributed by atoms with Gasteiger partial charge in [-0.25, -0.2) is 0 Å². The number of carbonyl (C=O) groups is 1. The van der Waals surface area contributed by atoms with E-state index in [-0.39, 0.29) is 5.69 Å². The van der Waals surface area contributed by atoms with Crippen LogP contribution in [0.2, 0.25) is 0 Å². The Morgan fingerprint density at radius 2 is 1.67 bits per heavy atom. The number of halogens is 1. The van der Waals surface area contributed by atoms with E-state index >= 15 is 0 Å². The van der Waals surface area contributed by atoms with Crippen LogP contribution >= 0.6 is 15.9 Å². The number of hydrogen-bond acceptors (Lipinski definition) is 4. The average molecular weight is 428 g/mol. The summed E-state index contributed by atoms with van der Waals surface area (Å²) < 4.78 is 1.93. The maximum absolute atomic E-state index is 12.7. The summed E-state index contributed by atoms with van der Waals surface area (Å²) in [5, 5.41) is 17.0. The van der Waals surface area contributed by atoms with Gasteiger partial charge in [-0.3, -0.25) is 9.59 Å². The maximum atomic E-state index is 12.7. The molecule has 1 amide bonds. The number of carbonyl (C=O) groups excluding carboxylic acids is 1. The predicted molar refractivity (Wildman–Crippen MR) is 108 cm³/mol. The molecule has 138 valence electrons. The monoisotopic (exact) mass is 427 g/mol. The minimum Gasteiger partial charge on any atom is -0.505 e. The van der Waals surface area contributed by atoms with E-state index in [9.17, 15) is 14.7 Å². The highest BCUT2D eigenvalue weighted by Gasteiger charge is 2.18. The van der Waals surface area contributed by atoms with E-state index in [1.54, 1.807) is 24.3 Å². The van der Waals surface area contributed by atoms with Crippen molar-refractivity contribution in [2.75, 3.05) is 5.32 Å². The van der Waals surface area contributed by atoms with Crippen LogP contribution in [0.1, 0.15) is 27.2 Å². The largest absolute Gasteiger partial charge is 0.505 e. The molecular formula is C20H18BrN3O3. The molecule has 0 radical (unpaired) electrons. The van der Waals surface area contributed by atoms with E-state index in [1.807, 2.05) is 32.9 Å². The van der Waals surface area contributed by atoms with Gasteiger partial charge in [0.25, 0.3) is 11.5 Å². The lowest BCUT2D eigenvalue weighted by Crippen LogP contribution is -2.25. The van der Waals surface area contributed by atoms with Crippen LogP contribution in [0.15, 0.2) is 51.7 Å². The molecule has 0 aliphatic carbocycles. The van der Waals surface area contributed by atoms with Gasteiger partial charge in [-0.2, -0.15) is 9.78 Å². The zero-order valence-corrected chi connectivity index (χ0v) is 16.7.